The van der Waals surface area contributed by atoms with E-state index < -0.39 is 0 Å². The first-order chi connectivity index (χ1) is 9.51. The Labute approximate surface area is 120 Å². The quantitative estimate of drug-likeness (QED) is 0.684. The van der Waals surface area contributed by atoms with Gasteiger partial charge in [0, 0.05) is 24.1 Å². The van der Waals surface area contributed by atoms with E-state index in [1.807, 2.05) is 26.0 Å². The molecule has 0 bridgehead atoms. The van der Waals surface area contributed by atoms with Crippen LogP contribution in [0.5, 0.6) is 5.75 Å². The van der Waals surface area contributed by atoms with Gasteiger partial charge in [-0.25, -0.2) is 4.39 Å². The van der Waals surface area contributed by atoms with Crippen LogP contribution in [0.25, 0.3) is 0 Å². The number of rotatable bonds is 3. The van der Waals surface area contributed by atoms with Crippen LogP contribution in [0.15, 0.2) is 35.3 Å². The second kappa shape index (κ2) is 6.15. The number of phenolic OH excluding ortho intramolecular Hbond substituents is 1. The zero-order valence-electron chi connectivity index (χ0n) is 11.7. The molecule has 0 amide bonds. The highest BCUT2D eigenvalue weighted by Crippen LogP contribution is 2.24. The van der Waals surface area contributed by atoms with Gasteiger partial charge in [0.1, 0.15) is 11.6 Å². The predicted octanol–water partition coefficient (Wildman–Crippen LogP) is 2.83. The van der Waals surface area contributed by atoms with Gasteiger partial charge >= 0.3 is 0 Å². The number of aliphatic imine (C=N–C) groups is 1. The molecule has 0 saturated carbocycles. The lowest BCUT2D eigenvalue weighted by Gasteiger charge is -2.11. The van der Waals surface area contributed by atoms with Crippen LogP contribution in [0.4, 0.5) is 4.39 Å². The summed E-state index contributed by atoms with van der Waals surface area (Å²) in [5.41, 5.74) is 2.72. The summed E-state index contributed by atoms with van der Waals surface area (Å²) in [5.74, 6) is 0.0377. The molecule has 0 heterocycles. The Bertz CT molecular complexity index is 668. The Morgan fingerprint density at radius 2 is 1.90 bits per heavy atom. The summed E-state index contributed by atoms with van der Waals surface area (Å²) in [6.07, 6.45) is 1.64. The third-order valence-corrected chi connectivity index (χ3v) is 4.37. The number of benzene rings is 2. The van der Waals surface area contributed by atoms with E-state index in [1.165, 1.54) is 12.1 Å². The van der Waals surface area contributed by atoms with E-state index in [-0.39, 0.29) is 14.4 Å². The highest BCUT2D eigenvalue weighted by molar-refractivity contribution is 7.56. The smallest absolute Gasteiger partial charge is 0.126 e. The maximum atomic E-state index is 13.3. The number of aromatic hydroxyl groups is 1. The van der Waals surface area contributed by atoms with Gasteiger partial charge in [-0.1, -0.05) is 20.7 Å². The van der Waals surface area contributed by atoms with Crippen LogP contribution >= 0.6 is 8.58 Å². The largest absolute Gasteiger partial charge is 0.507 e. The highest BCUT2D eigenvalue weighted by atomic mass is 31.1. The number of nitrogens with zero attached hydrogens (tertiary/aromatic N) is 1. The standard InChI is InChI=1S/C16H17FNOP/c1-10-6-11(2)16(19)15(7-10)20-14-5-4-13(17)8-12(14)9-18-3/h4-9,19-20H,1-3H3/b18-9+. The fraction of sp³-hybridized carbons (Fsp3) is 0.188. The van der Waals surface area contributed by atoms with E-state index in [9.17, 15) is 9.50 Å². The van der Waals surface area contributed by atoms with E-state index in [1.54, 1.807) is 19.3 Å². The van der Waals surface area contributed by atoms with Gasteiger partial charge in [-0.3, -0.25) is 4.99 Å². The monoisotopic (exact) mass is 289 g/mol. The average molecular weight is 289 g/mol. The summed E-state index contributed by atoms with van der Waals surface area (Å²) in [6, 6.07) is 8.57. The SMILES string of the molecule is C/N=C/c1cc(F)ccc1Pc1cc(C)cc(C)c1O. The molecule has 2 aromatic rings. The minimum Gasteiger partial charge on any atom is -0.507 e. The molecule has 0 fully saturated rings. The normalized spacial score (nSPS) is 11.8. The van der Waals surface area contributed by atoms with Crippen molar-refractivity contribution >= 4 is 25.4 Å². The molecule has 0 aromatic heterocycles. The number of phenols is 1. The minimum absolute atomic E-state index is 0.265. The summed E-state index contributed by atoms with van der Waals surface area (Å²) in [5, 5.41) is 12.0. The molecular formula is C16H17FNOP. The van der Waals surface area contributed by atoms with Crippen molar-refractivity contribution in [3.8, 4) is 5.75 Å². The fourth-order valence-electron chi connectivity index (χ4n) is 2.09. The lowest BCUT2D eigenvalue weighted by molar-refractivity contribution is 0.475. The molecule has 0 aliphatic rings. The highest BCUT2D eigenvalue weighted by Gasteiger charge is 2.09. The first-order valence-electron chi connectivity index (χ1n) is 6.30. The summed E-state index contributed by atoms with van der Waals surface area (Å²) in [6.45, 7) is 3.88. The van der Waals surface area contributed by atoms with Crippen molar-refractivity contribution in [1.29, 1.82) is 0 Å². The second-order valence-corrected chi connectivity index (χ2v) is 6.05. The Morgan fingerprint density at radius 1 is 1.15 bits per heavy atom. The zero-order valence-corrected chi connectivity index (χ0v) is 12.7. The second-order valence-electron chi connectivity index (χ2n) is 4.72. The number of hydrogen-bond acceptors (Lipinski definition) is 2. The molecule has 0 spiro atoms. The van der Waals surface area contributed by atoms with Gasteiger partial charge in [-0.2, -0.15) is 0 Å². The Hall–Kier alpha value is -1.73. The fourth-order valence-corrected chi connectivity index (χ4v) is 3.45. The lowest BCUT2D eigenvalue weighted by Crippen LogP contribution is -2.11. The summed E-state index contributed by atoms with van der Waals surface area (Å²) in [4.78, 5) is 3.96. The molecule has 0 aliphatic heterocycles. The molecule has 2 rings (SSSR count). The van der Waals surface area contributed by atoms with Crippen molar-refractivity contribution in [1.82, 2.24) is 0 Å². The van der Waals surface area contributed by atoms with Crippen LogP contribution in [0.3, 0.4) is 0 Å². The van der Waals surface area contributed by atoms with Crippen LogP contribution in [-0.2, 0) is 0 Å². The summed E-state index contributed by atoms with van der Waals surface area (Å²) >= 11 is 0. The van der Waals surface area contributed by atoms with Crippen molar-refractivity contribution in [2.24, 2.45) is 4.99 Å². The van der Waals surface area contributed by atoms with E-state index in [2.05, 4.69) is 4.99 Å². The molecule has 20 heavy (non-hydrogen) atoms. The van der Waals surface area contributed by atoms with Crippen molar-refractivity contribution < 1.29 is 9.50 Å². The maximum absolute atomic E-state index is 13.3. The van der Waals surface area contributed by atoms with Gasteiger partial charge in [-0.05, 0) is 48.5 Å². The summed E-state index contributed by atoms with van der Waals surface area (Å²) in [7, 11) is 1.92. The summed E-state index contributed by atoms with van der Waals surface area (Å²) < 4.78 is 13.3. The van der Waals surface area contributed by atoms with Gasteiger partial charge in [0.2, 0.25) is 0 Å². The minimum atomic E-state index is -0.280. The van der Waals surface area contributed by atoms with Crippen LogP contribution in [0.2, 0.25) is 0 Å². The molecule has 1 atom stereocenters. The van der Waals surface area contributed by atoms with E-state index in [4.69, 9.17) is 0 Å². The number of aryl methyl sites for hydroxylation is 2. The molecule has 1 N–H and O–H groups in total. The van der Waals surface area contributed by atoms with Crippen molar-refractivity contribution in [2.75, 3.05) is 7.05 Å². The van der Waals surface area contributed by atoms with Crippen LogP contribution in [-0.4, -0.2) is 18.4 Å². The van der Waals surface area contributed by atoms with Crippen molar-refractivity contribution in [3.05, 3.63) is 52.8 Å². The van der Waals surface area contributed by atoms with Crippen molar-refractivity contribution in [2.45, 2.75) is 13.8 Å². The van der Waals surface area contributed by atoms with Gasteiger partial charge in [0.25, 0.3) is 0 Å². The molecule has 2 nitrogen and oxygen atoms in total. The Balaban J connectivity index is 2.45. The third kappa shape index (κ3) is 3.23. The topological polar surface area (TPSA) is 32.6 Å². The van der Waals surface area contributed by atoms with Crippen LogP contribution in [0, 0.1) is 19.7 Å². The Morgan fingerprint density at radius 3 is 2.60 bits per heavy atom. The first-order valence-corrected chi connectivity index (χ1v) is 7.30. The zero-order chi connectivity index (χ0) is 14.7. The van der Waals surface area contributed by atoms with E-state index in [0.29, 0.717) is 5.75 Å². The molecular weight excluding hydrogens is 272 g/mol. The molecule has 1 unspecified atom stereocenters. The lowest BCUT2D eigenvalue weighted by atomic mass is 10.1. The van der Waals surface area contributed by atoms with Gasteiger partial charge in [-0.15, -0.1) is 0 Å². The van der Waals surface area contributed by atoms with Crippen molar-refractivity contribution in [3.63, 3.8) is 0 Å². The number of halogens is 1. The molecule has 0 aliphatic carbocycles. The molecule has 2 aromatic carbocycles. The van der Waals surface area contributed by atoms with Crippen LogP contribution in [0.1, 0.15) is 16.7 Å². The third-order valence-electron chi connectivity index (χ3n) is 3.00. The average Bonchev–Trinajstić information content (AvgIpc) is 2.38. The first kappa shape index (κ1) is 14.7. The maximum Gasteiger partial charge on any atom is 0.126 e. The Kier molecular flexibility index (Phi) is 4.51. The van der Waals surface area contributed by atoms with Gasteiger partial charge in [0.15, 0.2) is 0 Å². The van der Waals surface area contributed by atoms with Crippen LogP contribution < -0.4 is 10.6 Å². The van der Waals surface area contributed by atoms with Gasteiger partial charge < -0.3 is 5.11 Å². The number of hydrogen-bond donors (Lipinski definition) is 1. The molecule has 104 valence electrons. The van der Waals surface area contributed by atoms with Gasteiger partial charge in [0.05, 0.1) is 0 Å². The predicted molar refractivity (Wildman–Crippen MR) is 85.1 cm³/mol. The van der Waals surface area contributed by atoms with E-state index in [0.717, 1.165) is 27.3 Å². The molecule has 0 radical (unpaired) electrons. The molecule has 4 heteroatoms. The molecule has 0 saturated heterocycles. The van der Waals surface area contributed by atoms with E-state index >= 15 is 0 Å².